The van der Waals surface area contributed by atoms with Gasteiger partial charge in [-0.15, -0.1) is 11.3 Å². The minimum atomic E-state index is -0.548. The fraction of sp³-hybridized carbons (Fsp3) is 0.375. The molecule has 0 saturated carbocycles. The molecule has 1 aliphatic carbocycles. The maximum atomic E-state index is 12.2. The molecule has 2 aromatic rings. The second-order valence-electron chi connectivity index (χ2n) is 5.16. The third-order valence-electron chi connectivity index (χ3n) is 3.50. The lowest BCUT2D eigenvalue weighted by Crippen LogP contribution is -2.30. The Morgan fingerprint density at radius 1 is 1.29 bits per heavy atom. The summed E-state index contributed by atoms with van der Waals surface area (Å²) in [5.41, 5.74) is 1.15. The summed E-state index contributed by atoms with van der Waals surface area (Å²) in [5.74, 6) is 0.531. The third-order valence-corrected chi connectivity index (χ3v) is 4.57. The zero-order chi connectivity index (χ0) is 14.7. The van der Waals surface area contributed by atoms with Crippen LogP contribution < -0.4 is 10.1 Å². The fourth-order valence-electron chi connectivity index (χ4n) is 2.37. The number of hydrogen-bond acceptors (Lipinski definition) is 4. The molecule has 5 heteroatoms. The van der Waals surface area contributed by atoms with Crippen LogP contribution in [0, 0.1) is 0 Å². The van der Waals surface area contributed by atoms with E-state index < -0.39 is 6.10 Å². The molecule has 0 bridgehead atoms. The van der Waals surface area contributed by atoms with Gasteiger partial charge in [0.25, 0.3) is 5.91 Å². The summed E-state index contributed by atoms with van der Waals surface area (Å²) < 4.78 is 5.62. The van der Waals surface area contributed by atoms with Crippen LogP contribution in [0.4, 0.5) is 5.13 Å². The zero-order valence-corrected chi connectivity index (χ0v) is 12.8. The predicted molar refractivity (Wildman–Crippen MR) is 83.9 cm³/mol. The summed E-state index contributed by atoms with van der Waals surface area (Å²) in [5, 5.41) is 3.55. The number of ether oxygens (including phenoxy) is 1. The number of aryl methyl sites for hydroxylation is 2. The van der Waals surface area contributed by atoms with Gasteiger partial charge in [0, 0.05) is 4.88 Å². The van der Waals surface area contributed by atoms with Crippen LogP contribution in [-0.4, -0.2) is 17.0 Å². The minimum Gasteiger partial charge on any atom is -0.481 e. The first-order valence-corrected chi connectivity index (χ1v) is 8.05. The van der Waals surface area contributed by atoms with Crippen molar-refractivity contribution < 1.29 is 9.53 Å². The molecule has 0 unspecified atom stereocenters. The Kier molecular flexibility index (Phi) is 4.20. The van der Waals surface area contributed by atoms with Crippen molar-refractivity contribution in [2.45, 2.75) is 38.7 Å². The highest BCUT2D eigenvalue weighted by Gasteiger charge is 2.19. The number of aromatic nitrogens is 1. The lowest BCUT2D eigenvalue weighted by Gasteiger charge is -2.13. The van der Waals surface area contributed by atoms with Crippen molar-refractivity contribution in [3.05, 3.63) is 40.9 Å². The number of carbonyl (C=O) groups is 1. The number of rotatable bonds is 4. The number of nitrogens with one attached hydrogen (secondary N) is 1. The van der Waals surface area contributed by atoms with Crippen LogP contribution >= 0.6 is 11.3 Å². The first kappa shape index (κ1) is 14.1. The molecule has 1 N–H and O–H groups in total. The SMILES string of the molecule is C[C@H](Oc1ccccc1)C(=O)Nc1nc2c(s1)CCCC2. The molecule has 0 aliphatic heterocycles. The smallest absolute Gasteiger partial charge is 0.266 e. The van der Waals surface area contributed by atoms with Gasteiger partial charge < -0.3 is 4.74 Å². The summed E-state index contributed by atoms with van der Waals surface area (Å²) in [4.78, 5) is 18.0. The zero-order valence-electron chi connectivity index (χ0n) is 12.0. The van der Waals surface area contributed by atoms with Crippen LogP contribution in [0.3, 0.4) is 0 Å². The van der Waals surface area contributed by atoms with Gasteiger partial charge in [-0.1, -0.05) is 18.2 Å². The van der Waals surface area contributed by atoms with Crippen LogP contribution in [0.1, 0.15) is 30.3 Å². The molecular weight excluding hydrogens is 284 g/mol. The Balaban J connectivity index is 1.61. The average molecular weight is 302 g/mol. The molecule has 0 saturated heterocycles. The molecule has 1 aliphatic rings. The van der Waals surface area contributed by atoms with E-state index in [2.05, 4.69) is 10.3 Å². The first-order chi connectivity index (χ1) is 10.2. The summed E-state index contributed by atoms with van der Waals surface area (Å²) in [6.07, 6.45) is 3.97. The van der Waals surface area contributed by atoms with Crippen LogP contribution in [0.25, 0.3) is 0 Å². The Labute approximate surface area is 128 Å². The molecule has 3 rings (SSSR count). The molecular formula is C16H18N2O2S. The highest BCUT2D eigenvalue weighted by Crippen LogP contribution is 2.29. The van der Waals surface area contributed by atoms with E-state index in [1.54, 1.807) is 18.3 Å². The molecule has 0 radical (unpaired) electrons. The third kappa shape index (κ3) is 3.42. The van der Waals surface area contributed by atoms with E-state index in [1.165, 1.54) is 17.7 Å². The predicted octanol–water partition coefficient (Wildman–Crippen LogP) is 3.43. The number of hydrogen-bond donors (Lipinski definition) is 1. The molecule has 4 nitrogen and oxygen atoms in total. The van der Waals surface area contributed by atoms with E-state index >= 15 is 0 Å². The van der Waals surface area contributed by atoms with Gasteiger partial charge in [0.1, 0.15) is 5.75 Å². The van der Waals surface area contributed by atoms with Crippen molar-refractivity contribution in [1.82, 2.24) is 4.98 Å². The monoisotopic (exact) mass is 302 g/mol. The molecule has 21 heavy (non-hydrogen) atoms. The molecule has 1 atom stereocenters. The van der Waals surface area contributed by atoms with Crippen LogP contribution in [0.2, 0.25) is 0 Å². The van der Waals surface area contributed by atoms with Crippen molar-refractivity contribution >= 4 is 22.4 Å². The number of nitrogens with zero attached hydrogens (tertiary/aromatic N) is 1. The van der Waals surface area contributed by atoms with Crippen LogP contribution in [-0.2, 0) is 17.6 Å². The van der Waals surface area contributed by atoms with Crippen molar-refractivity contribution in [3.8, 4) is 5.75 Å². The molecule has 1 amide bonds. The average Bonchev–Trinajstić information content (AvgIpc) is 2.90. The van der Waals surface area contributed by atoms with E-state index in [0.717, 1.165) is 18.5 Å². The number of benzene rings is 1. The quantitative estimate of drug-likeness (QED) is 0.941. The lowest BCUT2D eigenvalue weighted by atomic mass is 10.0. The molecule has 1 heterocycles. The number of carbonyl (C=O) groups excluding carboxylic acids is 1. The van der Waals surface area contributed by atoms with Gasteiger partial charge in [0.15, 0.2) is 11.2 Å². The molecule has 110 valence electrons. The number of thiazole rings is 1. The van der Waals surface area contributed by atoms with Gasteiger partial charge in [-0.2, -0.15) is 0 Å². The Bertz CT molecular complexity index is 601. The van der Waals surface area contributed by atoms with Gasteiger partial charge in [0.05, 0.1) is 5.69 Å². The summed E-state index contributed by atoms with van der Waals surface area (Å²) in [6.45, 7) is 1.75. The van der Waals surface area contributed by atoms with E-state index in [1.807, 2.05) is 30.3 Å². The van der Waals surface area contributed by atoms with Crippen LogP contribution in [0.5, 0.6) is 5.75 Å². The summed E-state index contributed by atoms with van der Waals surface area (Å²) in [7, 11) is 0. The van der Waals surface area contributed by atoms with E-state index in [0.29, 0.717) is 10.9 Å². The largest absolute Gasteiger partial charge is 0.481 e. The van der Waals surface area contributed by atoms with Crippen molar-refractivity contribution in [1.29, 1.82) is 0 Å². The second kappa shape index (κ2) is 6.26. The minimum absolute atomic E-state index is 0.162. The molecule has 0 spiro atoms. The summed E-state index contributed by atoms with van der Waals surface area (Å²) >= 11 is 1.59. The maximum Gasteiger partial charge on any atom is 0.266 e. The van der Waals surface area contributed by atoms with Crippen LogP contribution in [0.15, 0.2) is 30.3 Å². The number of anilines is 1. The van der Waals surface area contributed by atoms with Crippen molar-refractivity contribution in [3.63, 3.8) is 0 Å². The second-order valence-corrected chi connectivity index (χ2v) is 6.24. The topological polar surface area (TPSA) is 51.2 Å². The normalized spacial score (nSPS) is 15.1. The van der Waals surface area contributed by atoms with Crippen molar-refractivity contribution in [2.24, 2.45) is 0 Å². The Morgan fingerprint density at radius 2 is 2.05 bits per heavy atom. The van der Waals surface area contributed by atoms with Gasteiger partial charge >= 0.3 is 0 Å². The van der Waals surface area contributed by atoms with E-state index in [4.69, 9.17) is 4.74 Å². The fourth-order valence-corrected chi connectivity index (χ4v) is 3.42. The van der Waals surface area contributed by atoms with Gasteiger partial charge in [-0.05, 0) is 44.7 Å². The maximum absolute atomic E-state index is 12.2. The number of para-hydroxylation sites is 1. The molecule has 0 fully saturated rings. The van der Waals surface area contributed by atoms with Gasteiger partial charge in [0.2, 0.25) is 0 Å². The molecule has 1 aromatic carbocycles. The highest BCUT2D eigenvalue weighted by atomic mass is 32.1. The number of amides is 1. The summed E-state index contributed by atoms with van der Waals surface area (Å²) in [6, 6.07) is 9.36. The van der Waals surface area contributed by atoms with E-state index in [-0.39, 0.29) is 5.91 Å². The van der Waals surface area contributed by atoms with Crippen molar-refractivity contribution in [2.75, 3.05) is 5.32 Å². The Morgan fingerprint density at radius 3 is 2.81 bits per heavy atom. The van der Waals surface area contributed by atoms with E-state index in [9.17, 15) is 4.79 Å². The molecule has 1 aromatic heterocycles. The Hall–Kier alpha value is -1.88. The van der Waals surface area contributed by atoms with Gasteiger partial charge in [-0.3, -0.25) is 10.1 Å². The lowest BCUT2D eigenvalue weighted by molar-refractivity contribution is -0.122. The first-order valence-electron chi connectivity index (χ1n) is 7.23. The number of fused-ring (bicyclic) bond motifs is 1. The standard InChI is InChI=1S/C16H18N2O2S/c1-11(20-12-7-3-2-4-8-12)15(19)18-16-17-13-9-5-6-10-14(13)21-16/h2-4,7-8,11H,5-6,9-10H2,1H3,(H,17,18,19)/t11-/m0/s1. The van der Waals surface area contributed by atoms with Gasteiger partial charge in [-0.25, -0.2) is 4.98 Å². The highest BCUT2D eigenvalue weighted by molar-refractivity contribution is 7.15.